The van der Waals surface area contributed by atoms with Gasteiger partial charge < -0.3 is 9.80 Å². The van der Waals surface area contributed by atoms with E-state index in [2.05, 4.69) is 183 Å². The Morgan fingerprint density at radius 1 is 0.388 bits per heavy atom. The first-order chi connectivity index (χ1) is 24.0. The van der Waals surface area contributed by atoms with E-state index in [0.717, 1.165) is 23.5 Å². The van der Waals surface area contributed by atoms with E-state index in [-0.39, 0.29) is 0 Å². The summed E-state index contributed by atoms with van der Waals surface area (Å²) in [5.74, 6) is 0. The number of fused-ring (bicyclic) bond motifs is 2. The van der Waals surface area contributed by atoms with Crippen molar-refractivity contribution in [1.29, 1.82) is 0 Å². The molecule has 0 amide bonds. The molecule has 0 unspecified atom stereocenters. The van der Waals surface area contributed by atoms with Crippen molar-refractivity contribution in [2.24, 2.45) is 0 Å². The van der Waals surface area contributed by atoms with Gasteiger partial charge in [0.15, 0.2) is 0 Å². The zero-order valence-corrected chi connectivity index (χ0v) is 29.9. The molecule has 0 radical (unpaired) electrons. The van der Waals surface area contributed by atoms with Gasteiger partial charge in [-0.05, 0) is 81.3 Å². The van der Waals surface area contributed by atoms with E-state index in [1.807, 2.05) is 22.7 Å². The Bertz CT molecular complexity index is 2330. The van der Waals surface area contributed by atoms with E-state index in [1.165, 1.54) is 69.2 Å². The highest BCUT2D eigenvalue weighted by Crippen LogP contribution is 2.55. The largest absolute Gasteiger partial charge is 0.301 e. The zero-order chi connectivity index (χ0) is 33.5. The number of anilines is 6. The smallest absolute Gasteiger partial charge is 0.109 e. The Labute approximate surface area is 297 Å². The molecule has 8 aromatic rings. The monoisotopic (exact) mass is 670 g/mol. The van der Waals surface area contributed by atoms with E-state index in [4.69, 9.17) is 0 Å². The minimum atomic E-state index is 1.02. The van der Waals surface area contributed by atoms with Crippen LogP contribution in [0.3, 0.4) is 0 Å². The van der Waals surface area contributed by atoms with Crippen molar-refractivity contribution >= 4 is 77.0 Å². The van der Waals surface area contributed by atoms with E-state index < -0.39 is 0 Å². The van der Waals surface area contributed by atoms with Crippen LogP contribution in [-0.2, 0) is 6.42 Å². The van der Waals surface area contributed by atoms with Crippen LogP contribution in [0.4, 0.5) is 32.8 Å². The average molecular weight is 671 g/mol. The van der Waals surface area contributed by atoms with Crippen LogP contribution in [0.1, 0.15) is 29.2 Å². The van der Waals surface area contributed by atoms with Gasteiger partial charge in [0.25, 0.3) is 0 Å². The molecule has 0 aliphatic rings. The van der Waals surface area contributed by atoms with Crippen LogP contribution in [0.25, 0.3) is 31.3 Å². The highest BCUT2D eigenvalue weighted by molar-refractivity contribution is 7.28. The number of aryl methyl sites for hydroxylation is 4. The fourth-order valence-electron chi connectivity index (χ4n) is 6.55. The maximum atomic E-state index is 2.44. The molecular weight excluding hydrogens is 633 g/mol. The predicted molar refractivity (Wildman–Crippen MR) is 216 cm³/mol. The van der Waals surface area contributed by atoms with Crippen molar-refractivity contribution in [3.63, 3.8) is 0 Å². The summed E-state index contributed by atoms with van der Waals surface area (Å²) in [5, 5.41) is 7.53. The lowest BCUT2D eigenvalue weighted by molar-refractivity contribution is 1.14. The Kier molecular flexibility index (Phi) is 8.28. The molecular formula is C45H38N2S2. The Hall–Kier alpha value is -5.16. The average Bonchev–Trinajstić information content (AvgIpc) is 3.70. The van der Waals surface area contributed by atoms with E-state index in [0.29, 0.717) is 0 Å². The van der Waals surface area contributed by atoms with Gasteiger partial charge in [0, 0.05) is 44.3 Å². The topological polar surface area (TPSA) is 6.48 Å². The van der Waals surface area contributed by atoms with Crippen molar-refractivity contribution in [2.45, 2.75) is 34.1 Å². The summed E-state index contributed by atoms with van der Waals surface area (Å²) < 4.78 is 0. The van der Waals surface area contributed by atoms with E-state index in [1.54, 1.807) is 0 Å². The lowest BCUT2D eigenvalue weighted by atomic mass is 10.1. The lowest BCUT2D eigenvalue weighted by Crippen LogP contribution is -2.08. The predicted octanol–water partition coefficient (Wildman–Crippen LogP) is 14.2. The standard InChI is InChI=1S/C45H38N2S2/c1-5-33-20-28-37(29-21-33)47(36-26-18-32(4)19-27-36)45-41-13-9-7-11-39(41)43(49-45)42-38-10-6-8-12-40(38)44(48-42)46(34-22-14-30(2)15-23-34)35-24-16-31(3)17-25-35/h6-29H,5H2,1-4H3. The molecule has 0 aliphatic heterocycles. The van der Waals surface area contributed by atoms with Crippen molar-refractivity contribution in [3.05, 3.63) is 168 Å². The summed E-state index contributed by atoms with van der Waals surface area (Å²) >= 11 is 3.78. The normalized spacial score (nSPS) is 11.3. The third kappa shape index (κ3) is 5.82. The molecule has 0 N–H and O–H groups in total. The molecule has 0 saturated heterocycles. The van der Waals surface area contributed by atoms with Gasteiger partial charge in [0.05, 0.1) is 9.75 Å². The maximum absolute atomic E-state index is 2.44. The molecule has 49 heavy (non-hydrogen) atoms. The molecule has 2 aromatic heterocycles. The van der Waals surface area contributed by atoms with Crippen molar-refractivity contribution in [1.82, 2.24) is 0 Å². The van der Waals surface area contributed by atoms with Crippen molar-refractivity contribution < 1.29 is 0 Å². The van der Waals surface area contributed by atoms with Crippen LogP contribution in [0.15, 0.2) is 146 Å². The highest BCUT2D eigenvalue weighted by Gasteiger charge is 2.26. The second kappa shape index (κ2) is 13.0. The maximum Gasteiger partial charge on any atom is 0.109 e. The van der Waals surface area contributed by atoms with Crippen LogP contribution in [0.5, 0.6) is 0 Å². The minimum Gasteiger partial charge on any atom is -0.301 e. The molecule has 2 nitrogen and oxygen atoms in total. The quantitative estimate of drug-likeness (QED) is 0.159. The summed E-state index contributed by atoms with van der Waals surface area (Å²) in [7, 11) is 0. The second-order valence-corrected chi connectivity index (χ2v) is 14.8. The van der Waals surface area contributed by atoms with E-state index in [9.17, 15) is 0 Å². The number of rotatable bonds is 8. The van der Waals surface area contributed by atoms with Gasteiger partial charge in [-0.25, -0.2) is 0 Å². The zero-order valence-electron chi connectivity index (χ0n) is 28.3. The van der Waals surface area contributed by atoms with Crippen LogP contribution in [0.2, 0.25) is 0 Å². The summed E-state index contributed by atoms with van der Waals surface area (Å²) in [6.45, 7) is 8.66. The van der Waals surface area contributed by atoms with Gasteiger partial charge in [-0.3, -0.25) is 0 Å². The third-order valence-corrected chi connectivity index (χ3v) is 11.9. The fraction of sp³-hybridized carbons (Fsp3) is 0.111. The molecule has 0 bridgehead atoms. The molecule has 0 saturated carbocycles. The van der Waals surface area contributed by atoms with E-state index >= 15 is 0 Å². The molecule has 6 aromatic carbocycles. The molecule has 0 atom stereocenters. The first-order valence-electron chi connectivity index (χ1n) is 16.9. The highest BCUT2D eigenvalue weighted by atomic mass is 32.1. The van der Waals surface area contributed by atoms with Gasteiger partial charge >= 0.3 is 0 Å². The molecule has 240 valence electrons. The summed E-state index contributed by atoms with van der Waals surface area (Å²) in [6.07, 6.45) is 1.02. The lowest BCUT2D eigenvalue weighted by Gasteiger charge is -2.24. The fourth-order valence-corrected chi connectivity index (χ4v) is 9.35. The summed E-state index contributed by atoms with van der Waals surface area (Å²) in [4.78, 5) is 7.47. The number of hydrogen-bond acceptors (Lipinski definition) is 4. The molecule has 0 fully saturated rings. The number of hydrogen-bond donors (Lipinski definition) is 0. The van der Waals surface area contributed by atoms with Gasteiger partial charge in [-0.2, -0.15) is 0 Å². The van der Waals surface area contributed by atoms with Gasteiger partial charge in [-0.15, -0.1) is 22.7 Å². The molecule has 8 rings (SSSR count). The van der Waals surface area contributed by atoms with Gasteiger partial charge in [0.1, 0.15) is 10.0 Å². The number of thiophene rings is 2. The number of nitrogens with zero attached hydrogens (tertiary/aromatic N) is 2. The van der Waals surface area contributed by atoms with Gasteiger partial charge in [0.2, 0.25) is 0 Å². The first-order valence-corrected chi connectivity index (χ1v) is 18.5. The van der Waals surface area contributed by atoms with Crippen molar-refractivity contribution in [3.8, 4) is 9.75 Å². The summed E-state index contributed by atoms with van der Waals surface area (Å²) in [6, 6.07) is 53.6. The minimum absolute atomic E-state index is 1.02. The molecule has 4 heteroatoms. The van der Waals surface area contributed by atoms with Crippen LogP contribution < -0.4 is 9.80 Å². The van der Waals surface area contributed by atoms with Crippen LogP contribution >= 0.6 is 22.7 Å². The first kappa shape index (κ1) is 31.1. The second-order valence-electron chi connectivity index (χ2n) is 12.8. The Morgan fingerprint density at radius 2 is 0.694 bits per heavy atom. The Morgan fingerprint density at radius 3 is 1.02 bits per heavy atom. The summed E-state index contributed by atoms with van der Waals surface area (Å²) in [5.41, 5.74) is 9.75. The SMILES string of the molecule is CCc1ccc(N(c2ccc(C)cc2)c2sc(-c3sc(N(c4ccc(C)cc4)c4ccc(C)cc4)c4ccccc34)c3ccccc23)cc1. The Balaban J connectivity index is 1.36. The van der Waals surface area contributed by atoms with Crippen LogP contribution in [-0.4, -0.2) is 0 Å². The molecule has 0 aliphatic carbocycles. The van der Waals surface area contributed by atoms with Crippen molar-refractivity contribution in [2.75, 3.05) is 9.80 Å². The molecule has 0 spiro atoms. The van der Waals surface area contributed by atoms with Crippen LogP contribution in [0, 0.1) is 20.8 Å². The number of benzene rings is 6. The third-order valence-electron chi connectivity index (χ3n) is 9.29. The molecule has 2 heterocycles. The van der Waals surface area contributed by atoms with Gasteiger partial charge in [-0.1, -0.05) is 121 Å².